The van der Waals surface area contributed by atoms with E-state index in [1.807, 2.05) is 19.1 Å². The summed E-state index contributed by atoms with van der Waals surface area (Å²) in [5.74, 6) is 13.7. The minimum absolute atomic E-state index is 0.193. The maximum absolute atomic E-state index is 6.40. The minimum atomic E-state index is 0.193. The minimum Gasteiger partial charge on any atom is -0.489 e. The van der Waals surface area contributed by atoms with E-state index in [0.717, 1.165) is 24.3 Å². The Hall–Kier alpha value is -2.52. The van der Waals surface area contributed by atoms with Gasteiger partial charge in [-0.3, -0.25) is 0 Å². The number of hydrogen-bond acceptors (Lipinski definition) is 8. The molecule has 0 amide bonds. The third-order valence-corrected chi connectivity index (χ3v) is 5.08. The molecule has 1 heterocycles. The van der Waals surface area contributed by atoms with E-state index < -0.39 is 0 Å². The van der Waals surface area contributed by atoms with Crippen LogP contribution < -0.4 is 27.9 Å². The molecule has 0 unspecified atom stereocenters. The molecule has 2 rings (SSSR count). The summed E-state index contributed by atoms with van der Waals surface area (Å²) in [4.78, 5) is 4.64. The van der Waals surface area contributed by atoms with Crippen molar-refractivity contribution in [3.8, 4) is 5.75 Å². The van der Waals surface area contributed by atoms with E-state index in [0.29, 0.717) is 35.3 Å². The van der Waals surface area contributed by atoms with E-state index in [9.17, 15) is 0 Å². The molecule has 0 spiro atoms. The van der Waals surface area contributed by atoms with Gasteiger partial charge in [-0.2, -0.15) is 0 Å². The van der Waals surface area contributed by atoms with Crippen LogP contribution in [0.1, 0.15) is 63.8 Å². The largest absolute Gasteiger partial charge is 0.489 e. The highest BCUT2D eigenvalue weighted by Crippen LogP contribution is 2.26. The molecule has 1 aromatic rings. The van der Waals surface area contributed by atoms with Gasteiger partial charge in [-0.05, 0) is 50.7 Å². The first kappa shape index (κ1) is 23.8. The molecule has 30 heavy (non-hydrogen) atoms. The Morgan fingerprint density at radius 3 is 2.43 bits per heavy atom. The van der Waals surface area contributed by atoms with Crippen molar-refractivity contribution in [1.82, 2.24) is 15.1 Å². The molecule has 1 fully saturated rings. The van der Waals surface area contributed by atoms with Crippen molar-refractivity contribution in [3.63, 3.8) is 0 Å². The number of likely N-dealkylation sites (N-methyl/N-ethyl adjacent to an activating group) is 1. The zero-order valence-electron chi connectivity index (χ0n) is 18.8. The van der Waals surface area contributed by atoms with Gasteiger partial charge in [0.1, 0.15) is 11.6 Å². The Labute approximate surface area is 180 Å². The summed E-state index contributed by atoms with van der Waals surface area (Å²) in [7, 11) is 1.70. The zero-order chi connectivity index (χ0) is 22.3. The second kappa shape index (κ2) is 11.0. The molecule has 9 nitrogen and oxygen atoms in total. The lowest BCUT2D eigenvalue weighted by Crippen LogP contribution is -2.38. The number of hydrazine groups is 2. The summed E-state index contributed by atoms with van der Waals surface area (Å²) in [6, 6.07) is 3.77. The molecule has 0 saturated heterocycles. The van der Waals surface area contributed by atoms with E-state index in [1.165, 1.54) is 29.4 Å². The monoisotopic (exact) mass is 418 g/mol. The maximum atomic E-state index is 6.40. The van der Waals surface area contributed by atoms with Gasteiger partial charge in [-0.25, -0.2) is 21.8 Å². The summed E-state index contributed by atoms with van der Waals surface area (Å²) in [5, 5.41) is 6.88. The number of aryl methyl sites for hydroxylation is 1. The molecular formula is C21H38N8O. The van der Waals surface area contributed by atoms with E-state index in [1.54, 1.807) is 7.05 Å². The Balaban J connectivity index is 2.17. The average molecular weight is 419 g/mol. The fourth-order valence-corrected chi connectivity index (χ4v) is 3.53. The SMILES string of the molecule is Cc1nc(/C(N)=C(\CN(N)/N=C(\N)CC(C)C)N(C)N)ccc1OC1CCCCC1. The summed E-state index contributed by atoms with van der Waals surface area (Å²) in [6.45, 7) is 6.25. The summed E-state index contributed by atoms with van der Waals surface area (Å²) < 4.78 is 6.15. The topological polar surface area (TPSA) is 145 Å². The molecule has 9 heteroatoms. The predicted octanol–water partition coefficient (Wildman–Crippen LogP) is 2.03. The first-order valence-corrected chi connectivity index (χ1v) is 10.6. The molecule has 1 saturated carbocycles. The van der Waals surface area contributed by atoms with Gasteiger partial charge in [0.25, 0.3) is 0 Å². The van der Waals surface area contributed by atoms with Gasteiger partial charge in [0, 0.05) is 13.5 Å². The molecule has 1 aliphatic carbocycles. The lowest BCUT2D eigenvalue weighted by Gasteiger charge is -2.25. The number of ether oxygens (including phenoxy) is 1. The van der Waals surface area contributed by atoms with Gasteiger partial charge < -0.3 is 21.2 Å². The van der Waals surface area contributed by atoms with E-state index in [-0.39, 0.29) is 12.6 Å². The van der Waals surface area contributed by atoms with Crippen LogP contribution in [0.4, 0.5) is 0 Å². The Bertz CT molecular complexity index is 753. The van der Waals surface area contributed by atoms with Crippen molar-refractivity contribution < 1.29 is 4.74 Å². The molecule has 168 valence electrons. The fourth-order valence-electron chi connectivity index (χ4n) is 3.53. The van der Waals surface area contributed by atoms with Crippen LogP contribution in [-0.4, -0.2) is 40.6 Å². The number of aromatic nitrogens is 1. The summed E-state index contributed by atoms with van der Waals surface area (Å²) in [6.07, 6.45) is 6.84. The third-order valence-electron chi connectivity index (χ3n) is 5.08. The standard InChI is InChI=1S/C21H38N8O/c1-14(2)12-20(22)27-29(25)13-18(28(4)24)21(23)17-10-11-19(15(3)26-17)30-16-8-6-5-7-9-16/h10-11,14,16H,5-9,12-13,23-25H2,1-4H3,(H2,22,27)/b21-18-. The number of hydrogen-bond donors (Lipinski definition) is 4. The van der Waals surface area contributed by atoms with Crippen molar-refractivity contribution >= 4 is 11.5 Å². The summed E-state index contributed by atoms with van der Waals surface area (Å²) >= 11 is 0. The van der Waals surface area contributed by atoms with Crippen molar-refractivity contribution in [3.05, 3.63) is 29.2 Å². The zero-order valence-corrected chi connectivity index (χ0v) is 18.8. The predicted molar refractivity (Wildman–Crippen MR) is 122 cm³/mol. The van der Waals surface area contributed by atoms with E-state index in [4.69, 9.17) is 27.9 Å². The smallest absolute Gasteiger partial charge is 0.140 e. The molecule has 0 radical (unpaired) electrons. The quantitative estimate of drug-likeness (QED) is 0.206. The fraction of sp³-hybridized carbons (Fsp3) is 0.619. The van der Waals surface area contributed by atoms with Crippen LogP contribution in [-0.2, 0) is 0 Å². The number of pyridine rings is 1. The van der Waals surface area contributed by atoms with Crippen molar-refractivity contribution in [1.29, 1.82) is 0 Å². The molecule has 0 aromatic carbocycles. The van der Waals surface area contributed by atoms with Gasteiger partial charge in [0.05, 0.1) is 35.4 Å². The van der Waals surface area contributed by atoms with Crippen LogP contribution in [0.25, 0.3) is 5.70 Å². The van der Waals surface area contributed by atoms with Crippen LogP contribution in [0.5, 0.6) is 5.75 Å². The second-order valence-electron chi connectivity index (χ2n) is 8.42. The molecule has 0 atom stereocenters. The number of nitrogens with two attached hydrogens (primary N) is 4. The van der Waals surface area contributed by atoms with Crippen molar-refractivity contribution in [2.75, 3.05) is 13.6 Å². The van der Waals surface area contributed by atoms with Crippen LogP contribution in [0, 0.1) is 12.8 Å². The number of hydrazone groups is 1. The Morgan fingerprint density at radius 2 is 1.87 bits per heavy atom. The van der Waals surface area contributed by atoms with Crippen molar-refractivity contribution in [2.24, 2.45) is 34.2 Å². The number of rotatable bonds is 9. The second-order valence-corrected chi connectivity index (χ2v) is 8.42. The highest BCUT2D eigenvalue weighted by Gasteiger charge is 2.18. The molecule has 1 aromatic heterocycles. The van der Waals surface area contributed by atoms with Crippen molar-refractivity contribution in [2.45, 2.75) is 65.4 Å². The number of nitrogens with zero attached hydrogens (tertiary/aromatic N) is 4. The highest BCUT2D eigenvalue weighted by atomic mass is 16.5. The molecule has 0 aliphatic heterocycles. The Kier molecular flexibility index (Phi) is 8.73. The highest BCUT2D eigenvalue weighted by molar-refractivity contribution is 5.80. The van der Waals surface area contributed by atoms with E-state index >= 15 is 0 Å². The molecule has 0 bridgehead atoms. The third kappa shape index (κ3) is 7.07. The Morgan fingerprint density at radius 1 is 1.20 bits per heavy atom. The van der Waals surface area contributed by atoms with Crippen LogP contribution in [0.2, 0.25) is 0 Å². The van der Waals surface area contributed by atoms with Crippen LogP contribution in [0.15, 0.2) is 22.9 Å². The maximum Gasteiger partial charge on any atom is 0.140 e. The van der Waals surface area contributed by atoms with Gasteiger partial charge in [0.15, 0.2) is 0 Å². The van der Waals surface area contributed by atoms with Gasteiger partial charge in [-0.1, -0.05) is 20.3 Å². The number of amidine groups is 1. The lowest BCUT2D eigenvalue weighted by molar-refractivity contribution is 0.153. The van der Waals surface area contributed by atoms with E-state index in [2.05, 4.69) is 23.9 Å². The van der Waals surface area contributed by atoms with Gasteiger partial charge in [0.2, 0.25) is 0 Å². The van der Waals surface area contributed by atoms with Gasteiger partial charge in [-0.15, -0.1) is 5.10 Å². The normalized spacial score (nSPS) is 16.4. The van der Waals surface area contributed by atoms with Crippen LogP contribution >= 0.6 is 0 Å². The summed E-state index contributed by atoms with van der Waals surface area (Å²) in [5.41, 5.74) is 14.8. The molecule has 1 aliphatic rings. The molecule has 8 N–H and O–H groups in total. The first-order valence-electron chi connectivity index (χ1n) is 10.6. The lowest BCUT2D eigenvalue weighted by atomic mass is 9.98. The van der Waals surface area contributed by atoms with Crippen LogP contribution in [0.3, 0.4) is 0 Å². The average Bonchev–Trinajstić information content (AvgIpc) is 2.67. The molecular weight excluding hydrogens is 380 g/mol. The first-order chi connectivity index (χ1) is 14.2. The van der Waals surface area contributed by atoms with Gasteiger partial charge >= 0.3 is 0 Å².